The van der Waals surface area contributed by atoms with Crippen LogP contribution in [0, 0.1) is 0 Å². The molecule has 33 heavy (non-hydrogen) atoms. The third-order valence-corrected chi connectivity index (χ3v) is 7.45. The molecule has 0 atom stereocenters. The molecule has 0 fully saturated rings. The SMILES string of the molecule is COc1ccc(OC)c(N(CC(=O)N2CCCc3ccccc32)S(=O)(=O)c2ccccc2)c1. The summed E-state index contributed by atoms with van der Waals surface area (Å²) < 4.78 is 39.3. The number of nitrogens with zero attached hydrogens (tertiary/aromatic N) is 2. The Morgan fingerprint density at radius 1 is 0.970 bits per heavy atom. The van der Waals surface area contributed by atoms with Gasteiger partial charge >= 0.3 is 0 Å². The summed E-state index contributed by atoms with van der Waals surface area (Å²) in [5.74, 6) is 0.462. The number of rotatable bonds is 7. The first-order valence-corrected chi connectivity index (χ1v) is 12.1. The number of benzene rings is 3. The standard InChI is InChI=1S/C25H26N2O5S/c1-31-20-14-15-24(32-2)23(17-20)27(33(29,30)21-11-4-3-5-12-21)18-25(28)26-16-8-10-19-9-6-7-13-22(19)26/h3-7,9,11-15,17H,8,10,16,18H2,1-2H3. The molecule has 1 amide bonds. The molecule has 7 nitrogen and oxygen atoms in total. The highest BCUT2D eigenvalue weighted by atomic mass is 32.2. The van der Waals surface area contributed by atoms with Crippen molar-refractivity contribution in [2.24, 2.45) is 0 Å². The minimum atomic E-state index is -4.07. The summed E-state index contributed by atoms with van der Waals surface area (Å²) in [4.78, 5) is 15.3. The normalized spacial score (nSPS) is 13.2. The average Bonchev–Trinajstić information content (AvgIpc) is 2.86. The fourth-order valence-electron chi connectivity index (χ4n) is 4.01. The van der Waals surface area contributed by atoms with Crippen LogP contribution in [0.15, 0.2) is 77.7 Å². The van der Waals surface area contributed by atoms with Gasteiger partial charge < -0.3 is 14.4 Å². The number of para-hydroxylation sites is 1. The number of amides is 1. The zero-order valence-corrected chi connectivity index (χ0v) is 19.4. The van der Waals surface area contributed by atoms with Crippen molar-refractivity contribution in [3.05, 3.63) is 78.4 Å². The first kappa shape index (κ1) is 22.7. The summed E-state index contributed by atoms with van der Waals surface area (Å²) in [7, 11) is -1.12. The van der Waals surface area contributed by atoms with Gasteiger partial charge in [0.2, 0.25) is 5.91 Å². The third-order valence-electron chi connectivity index (χ3n) is 5.68. The highest BCUT2D eigenvalue weighted by Gasteiger charge is 2.32. The minimum absolute atomic E-state index is 0.0849. The van der Waals surface area contributed by atoms with Gasteiger partial charge in [-0.1, -0.05) is 36.4 Å². The van der Waals surface area contributed by atoms with Crippen LogP contribution in [-0.2, 0) is 21.2 Å². The predicted octanol–water partition coefficient (Wildman–Crippen LogP) is 3.88. The Bertz CT molecular complexity index is 1240. The van der Waals surface area contributed by atoms with E-state index in [2.05, 4.69) is 0 Å². The van der Waals surface area contributed by atoms with E-state index in [1.165, 1.54) is 26.4 Å². The molecule has 0 saturated heterocycles. The lowest BCUT2D eigenvalue weighted by atomic mass is 10.0. The van der Waals surface area contributed by atoms with Crippen molar-refractivity contribution in [3.63, 3.8) is 0 Å². The van der Waals surface area contributed by atoms with Gasteiger partial charge in [0.05, 0.1) is 24.8 Å². The number of hydrogen-bond donors (Lipinski definition) is 0. The highest BCUT2D eigenvalue weighted by Crippen LogP contribution is 2.36. The molecule has 0 bridgehead atoms. The Morgan fingerprint density at radius 2 is 1.70 bits per heavy atom. The molecule has 0 spiro atoms. The van der Waals surface area contributed by atoms with E-state index in [0.717, 1.165) is 28.4 Å². The molecule has 0 aliphatic carbocycles. The van der Waals surface area contributed by atoms with Gasteiger partial charge in [-0.25, -0.2) is 8.42 Å². The molecule has 172 valence electrons. The van der Waals surface area contributed by atoms with Crippen molar-refractivity contribution in [3.8, 4) is 11.5 Å². The highest BCUT2D eigenvalue weighted by molar-refractivity contribution is 7.92. The summed E-state index contributed by atoms with van der Waals surface area (Å²) in [5, 5.41) is 0. The van der Waals surface area contributed by atoms with Crippen LogP contribution in [0.1, 0.15) is 12.0 Å². The Balaban J connectivity index is 1.79. The number of aryl methyl sites for hydroxylation is 1. The Morgan fingerprint density at radius 3 is 2.42 bits per heavy atom. The molecule has 0 aromatic heterocycles. The monoisotopic (exact) mass is 466 g/mol. The molecular formula is C25H26N2O5S. The second-order valence-corrected chi connectivity index (χ2v) is 9.50. The fourth-order valence-corrected chi connectivity index (χ4v) is 5.45. The number of sulfonamides is 1. The maximum absolute atomic E-state index is 13.7. The Labute approximate surface area is 194 Å². The molecule has 3 aromatic carbocycles. The molecule has 0 unspecified atom stereocenters. The number of carbonyl (C=O) groups excluding carboxylic acids is 1. The number of anilines is 2. The second-order valence-electron chi connectivity index (χ2n) is 7.64. The number of hydrogen-bond acceptors (Lipinski definition) is 5. The van der Waals surface area contributed by atoms with Gasteiger partial charge in [-0.15, -0.1) is 0 Å². The van der Waals surface area contributed by atoms with Gasteiger partial charge in [0.25, 0.3) is 10.0 Å². The Kier molecular flexibility index (Phi) is 6.55. The van der Waals surface area contributed by atoms with Gasteiger partial charge in [0.15, 0.2) is 0 Å². The van der Waals surface area contributed by atoms with Crippen LogP contribution in [0.25, 0.3) is 0 Å². The topological polar surface area (TPSA) is 76.2 Å². The van der Waals surface area contributed by atoms with Gasteiger partial charge in [0.1, 0.15) is 18.0 Å². The maximum atomic E-state index is 13.7. The average molecular weight is 467 g/mol. The van der Waals surface area contributed by atoms with Gasteiger partial charge in [-0.2, -0.15) is 0 Å². The van der Waals surface area contributed by atoms with Gasteiger partial charge in [-0.3, -0.25) is 9.10 Å². The summed E-state index contributed by atoms with van der Waals surface area (Å²) >= 11 is 0. The lowest BCUT2D eigenvalue weighted by Gasteiger charge is -2.32. The fraction of sp³-hybridized carbons (Fsp3) is 0.240. The predicted molar refractivity (Wildman–Crippen MR) is 128 cm³/mol. The van der Waals surface area contributed by atoms with Crippen LogP contribution in [0.3, 0.4) is 0 Å². The number of carbonyl (C=O) groups is 1. The Hall–Kier alpha value is -3.52. The van der Waals surface area contributed by atoms with E-state index in [9.17, 15) is 13.2 Å². The molecule has 8 heteroatoms. The van der Waals surface area contributed by atoms with Crippen LogP contribution in [0.2, 0.25) is 0 Å². The lowest BCUT2D eigenvalue weighted by molar-refractivity contribution is -0.117. The van der Waals surface area contributed by atoms with Crippen molar-refractivity contribution >= 4 is 27.3 Å². The molecular weight excluding hydrogens is 440 g/mol. The molecule has 0 saturated carbocycles. The lowest BCUT2D eigenvalue weighted by Crippen LogP contribution is -2.45. The third kappa shape index (κ3) is 4.52. The van der Waals surface area contributed by atoms with E-state index in [1.54, 1.807) is 41.3 Å². The molecule has 1 aliphatic rings. The summed E-state index contributed by atoms with van der Waals surface area (Å²) in [6, 6.07) is 20.7. The van der Waals surface area contributed by atoms with E-state index in [0.29, 0.717) is 18.0 Å². The molecule has 4 rings (SSSR count). The minimum Gasteiger partial charge on any atom is -0.497 e. The van der Waals surface area contributed by atoms with Gasteiger partial charge in [-0.05, 0) is 48.7 Å². The van der Waals surface area contributed by atoms with E-state index >= 15 is 0 Å². The van der Waals surface area contributed by atoms with E-state index in [4.69, 9.17) is 9.47 Å². The molecule has 0 N–H and O–H groups in total. The summed E-state index contributed by atoms with van der Waals surface area (Å²) in [6.45, 7) is 0.152. The largest absolute Gasteiger partial charge is 0.497 e. The molecule has 3 aromatic rings. The number of ether oxygens (including phenoxy) is 2. The van der Waals surface area contributed by atoms with Crippen molar-refractivity contribution in [2.45, 2.75) is 17.7 Å². The van der Waals surface area contributed by atoms with Crippen molar-refractivity contribution in [1.82, 2.24) is 0 Å². The molecule has 1 heterocycles. The zero-order valence-electron chi connectivity index (χ0n) is 18.6. The van der Waals surface area contributed by atoms with Crippen LogP contribution in [0.4, 0.5) is 11.4 Å². The van der Waals surface area contributed by atoms with E-state index < -0.39 is 10.0 Å². The number of fused-ring (bicyclic) bond motifs is 1. The quantitative estimate of drug-likeness (QED) is 0.528. The molecule has 0 radical (unpaired) electrons. The first-order chi connectivity index (χ1) is 16.0. The van der Waals surface area contributed by atoms with E-state index in [1.807, 2.05) is 24.3 Å². The second kappa shape index (κ2) is 9.54. The summed E-state index contributed by atoms with van der Waals surface area (Å²) in [5.41, 5.74) is 2.14. The van der Waals surface area contributed by atoms with Crippen LogP contribution in [0.5, 0.6) is 11.5 Å². The van der Waals surface area contributed by atoms with Crippen LogP contribution >= 0.6 is 0 Å². The van der Waals surface area contributed by atoms with Crippen molar-refractivity contribution in [2.75, 3.05) is 36.5 Å². The maximum Gasteiger partial charge on any atom is 0.264 e. The van der Waals surface area contributed by atoms with Crippen molar-refractivity contribution in [1.29, 1.82) is 0 Å². The van der Waals surface area contributed by atoms with Crippen LogP contribution in [-0.4, -0.2) is 41.6 Å². The van der Waals surface area contributed by atoms with E-state index in [-0.39, 0.29) is 23.0 Å². The van der Waals surface area contributed by atoms with Gasteiger partial charge in [0, 0.05) is 18.3 Å². The summed E-state index contributed by atoms with van der Waals surface area (Å²) in [6.07, 6.45) is 1.70. The first-order valence-electron chi connectivity index (χ1n) is 10.6. The zero-order chi connectivity index (χ0) is 23.4. The molecule has 1 aliphatic heterocycles. The smallest absolute Gasteiger partial charge is 0.264 e. The van der Waals surface area contributed by atoms with Crippen LogP contribution < -0.4 is 18.7 Å². The number of methoxy groups -OCH3 is 2. The van der Waals surface area contributed by atoms with Crippen molar-refractivity contribution < 1.29 is 22.7 Å².